The van der Waals surface area contributed by atoms with Gasteiger partial charge in [0.25, 0.3) is 0 Å². The Morgan fingerprint density at radius 3 is 2.55 bits per heavy atom. The first-order valence-corrected chi connectivity index (χ1v) is 6.71. The Labute approximate surface area is 118 Å². The zero-order valence-corrected chi connectivity index (χ0v) is 11.7. The molecule has 1 heterocycles. The molecule has 1 unspecified atom stereocenters. The lowest BCUT2D eigenvalue weighted by molar-refractivity contribution is 0.0850. The maximum Gasteiger partial charge on any atom is 0.170 e. The summed E-state index contributed by atoms with van der Waals surface area (Å²) < 4.78 is 6.03. The normalized spacial score (nSPS) is 17.3. The molecule has 2 aromatic rings. The van der Waals surface area contributed by atoms with Gasteiger partial charge in [0, 0.05) is 25.8 Å². The summed E-state index contributed by atoms with van der Waals surface area (Å²) in [4.78, 5) is 14.3. The van der Waals surface area contributed by atoms with E-state index in [0.717, 1.165) is 11.3 Å². The van der Waals surface area contributed by atoms with Gasteiger partial charge in [-0.1, -0.05) is 30.3 Å². The van der Waals surface area contributed by atoms with Gasteiger partial charge in [-0.3, -0.25) is 4.79 Å². The number of fused-ring (bicyclic) bond motifs is 1. The minimum absolute atomic E-state index is 0.144. The second-order valence-corrected chi connectivity index (χ2v) is 5.22. The fourth-order valence-corrected chi connectivity index (χ4v) is 2.44. The van der Waals surface area contributed by atoms with E-state index in [1.54, 1.807) is 0 Å². The molecule has 0 aromatic heterocycles. The van der Waals surface area contributed by atoms with Crippen molar-refractivity contribution >= 4 is 11.5 Å². The number of hydrogen-bond acceptors (Lipinski definition) is 3. The van der Waals surface area contributed by atoms with Gasteiger partial charge >= 0.3 is 0 Å². The molecule has 0 fully saturated rings. The van der Waals surface area contributed by atoms with Crippen LogP contribution in [0.1, 0.15) is 28.4 Å². The Balaban J connectivity index is 1.97. The molecular formula is C17H17NO2. The van der Waals surface area contributed by atoms with Gasteiger partial charge in [-0.2, -0.15) is 0 Å². The number of carbonyl (C=O) groups is 1. The predicted octanol–water partition coefficient (Wildman–Crippen LogP) is 3.46. The van der Waals surface area contributed by atoms with Crippen LogP contribution in [0.25, 0.3) is 0 Å². The fourth-order valence-electron chi connectivity index (χ4n) is 2.44. The second-order valence-electron chi connectivity index (χ2n) is 5.22. The van der Waals surface area contributed by atoms with E-state index >= 15 is 0 Å². The lowest BCUT2D eigenvalue weighted by Gasteiger charge is -2.26. The van der Waals surface area contributed by atoms with Gasteiger partial charge in [-0.25, -0.2) is 0 Å². The average Bonchev–Trinajstić information content (AvgIpc) is 2.47. The molecule has 1 aliphatic heterocycles. The molecule has 0 aliphatic carbocycles. The number of hydrogen-bond donors (Lipinski definition) is 0. The third-order valence-corrected chi connectivity index (χ3v) is 3.59. The first-order chi connectivity index (χ1) is 9.65. The summed E-state index contributed by atoms with van der Waals surface area (Å²) in [5.74, 6) is 0.826. The monoisotopic (exact) mass is 267 g/mol. The summed E-state index contributed by atoms with van der Waals surface area (Å²) in [6.45, 7) is 0. The van der Waals surface area contributed by atoms with Crippen molar-refractivity contribution in [3.05, 3.63) is 59.7 Å². The molecule has 3 nitrogen and oxygen atoms in total. The molecule has 1 aliphatic rings. The minimum Gasteiger partial charge on any atom is -0.484 e. The van der Waals surface area contributed by atoms with Gasteiger partial charge in [0.1, 0.15) is 11.9 Å². The third-order valence-electron chi connectivity index (χ3n) is 3.59. The van der Waals surface area contributed by atoms with E-state index < -0.39 is 0 Å². The molecule has 0 spiro atoms. The summed E-state index contributed by atoms with van der Waals surface area (Å²) in [6.07, 6.45) is 0.215. The van der Waals surface area contributed by atoms with Crippen molar-refractivity contribution in [2.24, 2.45) is 0 Å². The number of Topliss-reactive ketones (excluding diaryl/α,β-unsaturated/α-hetero) is 1. The van der Waals surface area contributed by atoms with E-state index in [4.69, 9.17) is 4.74 Å². The quantitative estimate of drug-likeness (QED) is 0.834. The number of nitrogens with zero attached hydrogens (tertiary/aromatic N) is 1. The van der Waals surface area contributed by atoms with E-state index in [9.17, 15) is 4.79 Å². The topological polar surface area (TPSA) is 29.5 Å². The lowest BCUT2D eigenvalue weighted by Crippen LogP contribution is -2.21. The fraction of sp³-hybridized carbons (Fsp3) is 0.235. The van der Waals surface area contributed by atoms with Gasteiger partial charge in [0.15, 0.2) is 5.78 Å². The minimum atomic E-state index is -0.186. The van der Waals surface area contributed by atoms with Crippen LogP contribution in [0.5, 0.6) is 5.75 Å². The van der Waals surface area contributed by atoms with Crippen LogP contribution < -0.4 is 9.64 Å². The summed E-state index contributed by atoms with van der Waals surface area (Å²) in [6, 6.07) is 15.6. The molecule has 20 heavy (non-hydrogen) atoms. The number of anilines is 1. The summed E-state index contributed by atoms with van der Waals surface area (Å²) in [5, 5.41) is 0. The Hall–Kier alpha value is -2.29. The zero-order valence-electron chi connectivity index (χ0n) is 11.7. The number of ketones is 1. The van der Waals surface area contributed by atoms with Crippen LogP contribution >= 0.6 is 0 Å². The Kier molecular flexibility index (Phi) is 3.18. The van der Waals surface area contributed by atoms with Crippen LogP contribution in [0.3, 0.4) is 0 Å². The number of rotatable bonds is 2. The van der Waals surface area contributed by atoms with E-state index in [2.05, 4.69) is 0 Å². The standard InChI is InChI=1S/C17H17NO2/c1-18(2)13-8-9-14-15(19)11-16(20-17(14)10-13)12-6-4-3-5-7-12/h3-10,16H,11H2,1-2H3. The molecule has 3 rings (SSSR count). The zero-order chi connectivity index (χ0) is 14.1. The Morgan fingerprint density at radius 2 is 1.85 bits per heavy atom. The molecule has 0 amide bonds. The van der Waals surface area contributed by atoms with Crippen molar-refractivity contribution < 1.29 is 9.53 Å². The van der Waals surface area contributed by atoms with Gasteiger partial charge in [-0.15, -0.1) is 0 Å². The Morgan fingerprint density at radius 1 is 1.10 bits per heavy atom. The molecular weight excluding hydrogens is 250 g/mol. The SMILES string of the molecule is CN(C)c1ccc2c(c1)OC(c1ccccc1)CC2=O. The van der Waals surface area contributed by atoms with Crippen LogP contribution in [0.15, 0.2) is 48.5 Å². The van der Waals surface area contributed by atoms with Crippen molar-refractivity contribution in [3.8, 4) is 5.75 Å². The van der Waals surface area contributed by atoms with Gasteiger partial charge in [0.05, 0.1) is 12.0 Å². The van der Waals surface area contributed by atoms with Crippen LogP contribution in [0.4, 0.5) is 5.69 Å². The van der Waals surface area contributed by atoms with Crippen molar-refractivity contribution in [1.82, 2.24) is 0 Å². The third kappa shape index (κ3) is 2.27. The average molecular weight is 267 g/mol. The molecule has 102 valence electrons. The molecule has 2 aromatic carbocycles. The summed E-state index contributed by atoms with van der Waals surface area (Å²) in [5.41, 5.74) is 2.76. The van der Waals surface area contributed by atoms with Gasteiger partial charge < -0.3 is 9.64 Å². The highest BCUT2D eigenvalue weighted by Gasteiger charge is 2.27. The van der Waals surface area contributed by atoms with Crippen molar-refractivity contribution in [1.29, 1.82) is 0 Å². The first kappa shape index (κ1) is 12.7. The first-order valence-electron chi connectivity index (χ1n) is 6.71. The van der Waals surface area contributed by atoms with Gasteiger partial charge in [0.2, 0.25) is 0 Å². The number of benzene rings is 2. The molecule has 0 saturated heterocycles. The summed E-state index contributed by atoms with van der Waals surface area (Å²) >= 11 is 0. The van der Waals surface area contributed by atoms with Crippen LogP contribution in [0.2, 0.25) is 0 Å². The molecule has 0 saturated carbocycles. The van der Waals surface area contributed by atoms with E-state index in [-0.39, 0.29) is 11.9 Å². The highest BCUT2D eigenvalue weighted by molar-refractivity contribution is 6.00. The second kappa shape index (κ2) is 5.00. The van der Waals surface area contributed by atoms with Crippen LogP contribution in [-0.2, 0) is 0 Å². The van der Waals surface area contributed by atoms with Crippen molar-refractivity contribution in [2.45, 2.75) is 12.5 Å². The smallest absolute Gasteiger partial charge is 0.170 e. The number of carbonyl (C=O) groups excluding carboxylic acids is 1. The maximum atomic E-state index is 12.3. The molecule has 3 heteroatoms. The number of ether oxygens (including phenoxy) is 1. The van der Waals surface area contributed by atoms with E-state index in [0.29, 0.717) is 17.7 Å². The van der Waals surface area contributed by atoms with E-state index in [1.807, 2.05) is 67.5 Å². The summed E-state index contributed by atoms with van der Waals surface area (Å²) in [7, 11) is 3.95. The molecule has 0 radical (unpaired) electrons. The van der Waals surface area contributed by atoms with Gasteiger partial charge in [-0.05, 0) is 17.7 Å². The predicted molar refractivity (Wildman–Crippen MR) is 79.5 cm³/mol. The van der Waals surface area contributed by atoms with Crippen molar-refractivity contribution in [2.75, 3.05) is 19.0 Å². The molecule has 0 N–H and O–H groups in total. The lowest BCUT2D eigenvalue weighted by atomic mass is 9.96. The molecule has 0 bridgehead atoms. The van der Waals surface area contributed by atoms with Crippen LogP contribution in [0, 0.1) is 0 Å². The van der Waals surface area contributed by atoms with Crippen molar-refractivity contribution in [3.63, 3.8) is 0 Å². The Bertz CT molecular complexity index is 635. The van der Waals surface area contributed by atoms with Crippen LogP contribution in [-0.4, -0.2) is 19.9 Å². The molecule has 1 atom stereocenters. The largest absolute Gasteiger partial charge is 0.484 e. The highest BCUT2D eigenvalue weighted by Crippen LogP contribution is 2.36. The highest BCUT2D eigenvalue weighted by atomic mass is 16.5. The van der Waals surface area contributed by atoms with E-state index in [1.165, 1.54) is 0 Å². The maximum absolute atomic E-state index is 12.3.